The molecule has 13 heteroatoms. The monoisotopic (exact) mass is 832 g/mol. The molecule has 0 bridgehead atoms. The number of hydrogen-bond donors (Lipinski definition) is 5. The molecule has 3 spiro atoms. The highest BCUT2D eigenvalue weighted by Gasteiger charge is 2.57. The van der Waals surface area contributed by atoms with Crippen LogP contribution in [0.1, 0.15) is 126 Å². The van der Waals surface area contributed by atoms with E-state index in [1.54, 1.807) is 13.0 Å². The smallest absolute Gasteiger partial charge is 0.335 e. The fraction of sp³-hybridized carbons (Fsp3) is 0.848. The summed E-state index contributed by atoms with van der Waals surface area (Å²) in [7, 11) is 0. The van der Waals surface area contributed by atoms with E-state index in [0.717, 1.165) is 44.7 Å². The molecule has 334 valence electrons. The fourth-order valence-corrected chi connectivity index (χ4v) is 11.5. The van der Waals surface area contributed by atoms with Crippen LogP contribution < -0.4 is 0 Å². The number of carboxylic acids is 1. The number of hydrogen-bond acceptors (Lipinski definition) is 12. The summed E-state index contributed by atoms with van der Waals surface area (Å²) in [5, 5.41) is 54.6. The molecule has 0 aliphatic carbocycles. The van der Waals surface area contributed by atoms with E-state index in [1.807, 2.05) is 20.8 Å². The summed E-state index contributed by atoms with van der Waals surface area (Å²) in [4.78, 5) is 11.7. The van der Waals surface area contributed by atoms with Gasteiger partial charge in [-0.2, -0.15) is 0 Å². The number of rotatable bonds is 10. The van der Waals surface area contributed by atoms with Crippen molar-refractivity contribution in [1.82, 2.24) is 0 Å². The molecule has 5 N–H and O–H groups in total. The summed E-state index contributed by atoms with van der Waals surface area (Å²) in [5.74, 6) is -3.39. The van der Waals surface area contributed by atoms with Crippen molar-refractivity contribution in [2.24, 2.45) is 23.2 Å². The van der Waals surface area contributed by atoms with E-state index < -0.39 is 71.0 Å². The van der Waals surface area contributed by atoms with Gasteiger partial charge in [0.1, 0.15) is 24.4 Å². The Labute approximate surface area is 350 Å². The Balaban J connectivity index is 0.948. The molecule has 0 radical (unpaired) electrons. The summed E-state index contributed by atoms with van der Waals surface area (Å²) in [6.07, 6.45) is 8.36. The van der Waals surface area contributed by atoms with Gasteiger partial charge in [-0.1, -0.05) is 38.2 Å². The molecular weight excluding hydrogens is 760 g/mol. The molecule has 7 aliphatic heterocycles. The third-order valence-electron chi connectivity index (χ3n) is 15.0. The lowest BCUT2D eigenvalue weighted by Crippen LogP contribution is -2.60. The molecule has 17 unspecified atom stereocenters. The first-order valence-corrected chi connectivity index (χ1v) is 22.3. The van der Waals surface area contributed by atoms with Crippen LogP contribution in [0.25, 0.3) is 0 Å². The Bertz CT molecular complexity index is 1610. The minimum atomic E-state index is -2.00. The van der Waals surface area contributed by atoms with E-state index in [0.29, 0.717) is 56.9 Å². The zero-order valence-corrected chi connectivity index (χ0v) is 36.4. The van der Waals surface area contributed by atoms with E-state index >= 15 is 0 Å². The summed E-state index contributed by atoms with van der Waals surface area (Å²) < 4.78 is 45.2. The van der Waals surface area contributed by atoms with E-state index in [-0.39, 0.29) is 41.8 Å². The first-order chi connectivity index (χ1) is 27.6. The van der Waals surface area contributed by atoms with Crippen LogP contribution in [0.2, 0.25) is 0 Å². The lowest BCUT2D eigenvalue weighted by Gasteiger charge is -2.52. The van der Waals surface area contributed by atoms with Crippen molar-refractivity contribution in [2.75, 3.05) is 19.8 Å². The second-order valence-corrected chi connectivity index (χ2v) is 20.5. The molecule has 0 aromatic rings. The largest absolute Gasteiger partial charge is 0.479 e. The SMILES string of the molecule is C=C1C(O)C2OC3(CCC2OC1C(O)CC(C)C1CC2(CCCOC2)COC1C)CCC(C)(/C=C/C(C)C1CC(C)=CC2(O1)OC(C)(CC(C)(O)C(=O)O)CCC2O)O3. The lowest BCUT2D eigenvalue weighted by atomic mass is 9.68. The molecule has 13 nitrogen and oxygen atoms in total. The van der Waals surface area contributed by atoms with E-state index in [1.165, 1.54) is 6.92 Å². The maximum atomic E-state index is 11.7. The number of aliphatic hydroxyl groups excluding tert-OH is 3. The van der Waals surface area contributed by atoms with Crippen LogP contribution in [0.3, 0.4) is 0 Å². The average Bonchev–Trinajstić information content (AvgIpc) is 3.50. The van der Waals surface area contributed by atoms with Gasteiger partial charge in [-0.05, 0) is 116 Å². The van der Waals surface area contributed by atoms with Gasteiger partial charge in [0, 0.05) is 37.2 Å². The fourth-order valence-electron chi connectivity index (χ4n) is 11.5. The number of aliphatic hydroxyl groups is 4. The van der Waals surface area contributed by atoms with Gasteiger partial charge in [-0.15, -0.1) is 0 Å². The second-order valence-electron chi connectivity index (χ2n) is 20.5. The second kappa shape index (κ2) is 16.7. The third-order valence-corrected chi connectivity index (χ3v) is 15.0. The van der Waals surface area contributed by atoms with Crippen molar-refractivity contribution in [3.05, 3.63) is 36.0 Å². The molecule has 6 fully saturated rings. The Hall–Kier alpha value is -1.75. The van der Waals surface area contributed by atoms with Crippen LogP contribution in [0.5, 0.6) is 0 Å². The van der Waals surface area contributed by atoms with Gasteiger partial charge in [0.05, 0.1) is 48.8 Å². The van der Waals surface area contributed by atoms with Gasteiger partial charge < -0.3 is 58.7 Å². The van der Waals surface area contributed by atoms with Crippen molar-refractivity contribution >= 4 is 5.97 Å². The van der Waals surface area contributed by atoms with Crippen LogP contribution in [-0.4, -0.2) is 129 Å². The summed E-state index contributed by atoms with van der Waals surface area (Å²) in [6, 6.07) is 0. The molecule has 7 heterocycles. The molecule has 17 atom stereocenters. The molecule has 0 aromatic heterocycles. The Morgan fingerprint density at radius 3 is 2.54 bits per heavy atom. The maximum absolute atomic E-state index is 11.7. The molecular formula is C46H72O13. The summed E-state index contributed by atoms with van der Waals surface area (Å²) >= 11 is 0. The lowest BCUT2D eigenvalue weighted by molar-refractivity contribution is -0.344. The molecule has 7 aliphatic rings. The minimum Gasteiger partial charge on any atom is -0.479 e. The predicted molar refractivity (Wildman–Crippen MR) is 217 cm³/mol. The molecule has 7 rings (SSSR count). The van der Waals surface area contributed by atoms with Crippen LogP contribution in [-0.2, 0) is 38.0 Å². The van der Waals surface area contributed by atoms with Gasteiger partial charge in [0.15, 0.2) is 11.4 Å². The third kappa shape index (κ3) is 9.32. The molecule has 59 heavy (non-hydrogen) atoms. The highest BCUT2D eigenvalue weighted by atomic mass is 16.7. The normalized spacial score (nSPS) is 46.8. The molecule has 0 amide bonds. The van der Waals surface area contributed by atoms with Gasteiger partial charge in [-0.25, -0.2) is 4.79 Å². The number of ether oxygens (including phenoxy) is 7. The first kappa shape index (κ1) is 45.3. The van der Waals surface area contributed by atoms with Crippen LogP contribution in [0.4, 0.5) is 0 Å². The van der Waals surface area contributed by atoms with Crippen LogP contribution >= 0.6 is 0 Å². The highest BCUT2D eigenvalue weighted by Crippen LogP contribution is 2.51. The van der Waals surface area contributed by atoms with Crippen molar-refractivity contribution in [3.8, 4) is 0 Å². The van der Waals surface area contributed by atoms with Crippen molar-refractivity contribution in [3.63, 3.8) is 0 Å². The van der Waals surface area contributed by atoms with Crippen LogP contribution in [0, 0.1) is 23.2 Å². The Morgan fingerprint density at radius 1 is 1.07 bits per heavy atom. The van der Waals surface area contributed by atoms with Crippen LogP contribution in [0.15, 0.2) is 36.0 Å². The average molecular weight is 833 g/mol. The van der Waals surface area contributed by atoms with Crippen molar-refractivity contribution in [1.29, 1.82) is 0 Å². The molecule has 0 aromatic carbocycles. The zero-order chi connectivity index (χ0) is 42.8. The Kier molecular flexibility index (Phi) is 12.9. The topological polar surface area (TPSA) is 183 Å². The van der Waals surface area contributed by atoms with Gasteiger partial charge >= 0.3 is 5.97 Å². The van der Waals surface area contributed by atoms with Gasteiger partial charge in [0.2, 0.25) is 5.79 Å². The van der Waals surface area contributed by atoms with Crippen molar-refractivity contribution in [2.45, 2.75) is 203 Å². The van der Waals surface area contributed by atoms with E-state index in [9.17, 15) is 30.3 Å². The first-order valence-electron chi connectivity index (χ1n) is 22.3. The minimum absolute atomic E-state index is 0.0463. The summed E-state index contributed by atoms with van der Waals surface area (Å²) in [6.45, 7) is 19.8. The highest BCUT2D eigenvalue weighted by molar-refractivity contribution is 5.76. The quantitative estimate of drug-likeness (QED) is 0.174. The van der Waals surface area contributed by atoms with E-state index in [4.69, 9.17) is 33.2 Å². The zero-order valence-electron chi connectivity index (χ0n) is 36.4. The van der Waals surface area contributed by atoms with Crippen molar-refractivity contribution < 1.29 is 63.5 Å². The number of carboxylic acid groups (broad SMARTS) is 1. The van der Waals surface area contributed by atoms with E-state index in [2.05, 4.69) is 32.6 Å². The maximum Gasteiger partial charge on any atom is 0.335 e. The number of aliphatic carboxylic acids is 1. The summed E-state index contributed by atoms with van der Waals surface area (Å²) in [5.41, 5.74) is -2.25. The van der Waals surface area contributed by atoms with Gasteiger partial charge in [0.25, 0.3) is 0 Å². The molecule has 6 saturated heterocycles. The predicted octanol–water partition coefficient (Wildman–Crippen LogP) is 5.50. The Morgan fingerprint density at radius 2 is 1.83 bits per heavy atom. The molecule has 0 saturated carbocycles. The number of fused-ring (bicyclic) bond motifs is 1. The van der Waals surface area contributed by atoms with Gasteiger partial charge in [-0.3, -0.25) is 0 Å². The standard InChI is InChI=1S/C46H72O13/c1-27-20-35(56-46(22-27)36(48)12-15-42(7,59-46)24-43(8,52)40(50)51)28(2)10-14-41(6)17-18-45(58-41)16-11-34-39(57-45)37(49)30(4)38(55-34)33(47)21-29(3)32-23-44(26-54-31(32)5)13-9-19-53-25-44/h10,14,22,28-29,31-39,47-49,52H,4,9,11-13,15-21,23-26H2,1-3,5-8H3,(H,50,51)/b14-10+. The number of carbonyl (C=O) groups is 1.